The van der Waals surface area contributed by atoms with Crippen molar-refractivity contribution in [3.05, 3.63) is 86.7 Å². The maximum absolute atomic E-state index is 12.4. The highest BCUT2D eigenvalue weighted by Crippen LogP contribution is 2.22. The number of furan rings is 1. The van der Waals surface area contributed by atoms with Crippen molar-refractivity contribution in [3.8, 4) is 0 Å². The molecule has 2 heterocycles. The molecule has 0 fully saturated rings. The van der Waals surface area contributed by atoms with Crippen LogP contribution in [-0.4, -0.2) is 11.8 Å². The number of anilines is 1. The number of benzene rings is 2. The third kappa shape index (κ3) is 4.93. The quantitative estimate of drug-likeness (QED) is 0.399. The second kappa shape index (κ2) is 8.63. The van der Waals surface area contributed by atoms with Crippen LogP contribution in [0.4, 0.5) is 5.69 Å². The lowest BCUT2D eigenvalue weighted by Crippen LogP contribution is -2.24. The Balaban J connectivity index is 1.32. The summed E-state index contributed by atoms with van der Waals surface area (Å²) < 4.78 is 6.62. The number of amides is 2. The van der Waals surface area contributed by atoms with Crippen LogP contribution in [0.2, 0.25) is 0 Å². The number of rotatable bonds is 6. The summed E-state index contributed by atoms with van der Waals surface area (Å²) in [6, 6.07) is 20.4. The molecule has 0 spiro atoms. The maximum Gasteiger partial charge on any atom is 0.291 e. The fraction of sp³-hybridized carbons (Fsp3) is 0.0909. The molecule has 2 aromatic heterocycles. The van der Waals surface area contributed by atoms with Gasteiger partial charge < -0.3 is 15.1 Å². The van der Waals surface area contributed by atoms with Crippen LogP contribution in [0.3, 0.4) is 0 Å². The first-order valence-corrected chi connectivity index (χ1v) is 10.6. The first kappa shape index (κ1) is 19.4. The van der Waals surface area contributed by atoms with E-state index in [0.717, 1.165) is 19.6 Å². The van der Waals surface area contributed by atoms with Gasteiger partial charge in [-0.3, -0.25) is 9.59 Å². The molecular formula is C22H17BrN2O3S. The van der Waals surface area contributed by atoms with Gasteiger partial charge in [-0.2, -0.15) is 0 Å². The van der Waals surface area contributed by atoms with Crippen molar-refractivity contribution in [3.63, 3.8) is 0 Å². The van der Waals surface area contributed by atoms with Crippen LogP contribution in [0.15, 0.2) is 74.9 Å². The molecule has 146 valence electrons. The van der Waals surface area contributed by atoms with Crippen molar-refractivity contribution in [2.45, 2.75) is 13.0 Å². The van der Waals surface area contributed by atoms with E-state index in [2.05, 4.69) is 26.6 Å². The third-order valence-electron chi connectivity index (χ3n) is 4.31. The average molecular weight is 469 g/mol. The highest BCUT2D eigenvalue weighted by atomic mass is 79.9. The van der Waals surface area contributed by atoms with Crippen molar-refractivity contribution in [2.24, 2.45) is 0 Å². The predicted molar refractivity (Wildman–Crippen MR) is 118 cm³/mol. The largest absolute Gasteiger partial charge is 0.451 e. The van der Waals surface area contributed by atoms with Gasteiger partial charge in [0.25, 0.3) is 5.91 Å². The molecule has 0 bridgehead atoms. The van der Waals surface area contributed by atoms with Crippen molar-refractivity contribution >= 4 is 55.7 Å². The van der Waals surface area contributed by atoms with E-state index in [1.807, 2.05) is 48.5 Å². The molecule has 0 radical (unpaired) electrons. The summed E-state index contributed by atoms with van der Waals surface area (Å²) in [5, 5.41) is 6.61. The molecular weight excluding hydrogens is 452 g/mol. The summed E-state index contributed by atoms with van der Waals surface area (Å²) in [5.74, 6) is -0.0998. The first-order valence-electron chi connectivity index (χ1n) is 8.96. The first-order chi connectivity index (χ1) is 14.1. The molecule has 2 N–H and O–H groups in total. The molecule has 4 rings (SSSR count). The zero-order chi connectivity index (χ0) is 20.2. The summed E-state index contributed by atoms with van der Waals surface area (Å²) in [5.41, 5.74) is 2.19. The Kier molecular flexibility index (Phi) is 5.78. The summed E-state index contributed by atoms with van der Waals surface area (Å²) in [6.07, 6.45) is 0.282. The second-order valence-corrected chi connectivity index (χ2v) is 9.01. The van der Waals surface area contributed by atoms with Crippen molar-refractivity contribution in [1.29, 1.82) is 0 Å². The van der Waals surface area contributed by atoms with Gasteiger partial charge in [0.2, 0.25) is 5.91 Å². The van der Waals surface area contributed by atoms with E-state index in [0.29, 0.717) is 17.8 Å². The van der Waals surface area contributed by atoms with E-state index >= 15 is 0 Å². The van der Waals surface area contributed by atoms with Gasteiger partial charge in [0.05, 0.1) is 16.8 Å². The van der Waals surface area contributed by atoms with Crippen LogP contribution in [-0.2, 0) is 17.8 Å². The fourth-order valence-corrected chi connectivity index (χ4v) is 4.30. The van der Waals surface area contributed by atoms with Crippen LogP contribution in [0.25, 0.3) is 11.0 Å². The third-order valence-corrected chi connectivity index (χ3v) is 5.94. The molecule has 0 aliphatic rings. The van der Waals surface area contributed by atoms with E-state index in [1.165, 1.54) is 0 Å². The maximum atomic E-state index is 12.4. The van der Waals surface area contributed by atoms with E-state index in [4.69, 9.17) is 4.42 Å². The summed E-state index contributed by atoms with van der Waals surface area (Å²) >= 11 is 5.01. The number of nitrogens with one attached hydrogen (secondary N) is 2. The smallest absolute Gasteiger partial charge is 0.291 e. The summed E-state index contributed by atoms with van der Waals surface area (Å²) in [6.45, 7) is 0.515. The molecule has 2 amide bonds. The van der Waals surface area contributed by atoms with E-state index in [-0.39, 0.29) is 24.0 Å². The van der Waals surface area contributed by atoms with Crippen molar-refractivity contribution in [1.82, 2.24) is 5.32 Å². The molecule has 0 atom stereocenters. The lowest BCUT2D eigenvalue weighted by molar-refractivity contribution is -0.120. The Hall–Kier alpha value is -2.90. The average Bonchev–Trinajstić information content (AvgIpc) is 3.34. The zero-order valence-corrected chi connectivity index (χ0v) is 17.7. The summed E-state index contributed by atoms with van der Waals surface area (Å²) in [4.78, 5) is 25.6. The van der Waals surface area contributed by atoms with Gasteiger partial charge in [0.15, 0.2) is 5.76 Å². The Labute approximate surface area is 179 Å². The highest BCUT2D eigenvalue weighted by Gasteiger charge is 2.12. The van der Waals surface area contributed by atoms with Gasteiger partial charge in [-0.15, -0.1) is 11.3 Å². The van der Waals surface area contributed by atoms with Gasteiger partial charge >= 0.3 is 0 Å². The van der Waals surface area contributed by atoms with Gasteiger partial charge in [-0.1, -0.05) is 30.3 Å². The predicted octanol–water partition coefficient (Wildman–Crippen LogP) is 5.37. The Morgan fingerprint density at radius 2 is 1.79 bits per heavy atom. The molecule has 7 heteroatoms. The number of hydrogen-bond donors (Lipinski definition) is 2. The van der Waals surface area contributed by atoms with Crippen molar-refractivity contribution in [2.75, 3.05) is 5.32 Å². The molecule has 0 unspecified atom stereocenters. The number of halogens is 1. The van der Waals surface area contributed by atoms with Crippen LogP contribution in [0.1, 0.15) is 21.0 Å². The van der Waals surface area contributed by atoms with Gasteiger partial charge in [-0.05, 0) is 57.9 Å². The molecule has 29 heavy (non-hydrogen) atoms. The Morgan fingerprint density at radius 1 is 1.00 bits per heavy atom. The Bertz CT molecular complexity index is 1130. The Morgan fingerprint density at radius 3 is 2.52 bits per heavy atom. The van der Waals surface area contributed by atoms with E-state index in [1.54, 1.807) is 29.5 Å². The standard InChI is InChI=1S/C22H17BrN2O3S/c23-20-10-9-17(29-20)13-24-21(26)11-14-5-7-16(8-6-14)25-22(27)19-12-15-3-1-2-4-18(15)28-19/h1-10,12H,11,13H2,(H,24,26)(H,25,27). The number of carbonyl (C=O) groups excluding carboxylic acids is 2. The number of thiophene rings is 1. The molecule has 0 aliphatic heterocycles. The van der Waals surface area contributed by atoms with Gasteiger partial charge in [0.1, 0.15) is 5.58 Å². The SMILES string of the molecule is O=C(Cc1ccc(NC(=O)c2cc3ccccc3o2)cc1)NCc1ccc(Br)s1. The minimum Gasteiger partial charge on any atom is -0.451 e. The molecule has 0 saturated carbocycles. The number of carbonyl (C=O) groups is 2. The zero-order valence-electron chi connectivity index (χ0n) is 15.3. The second-order valence-electron chi connectivity index (χ2n) is 6.46. The van der Waals surface area contributed by atoms with Crippen LogP contribution < -0.4 is 10.6 Å². The number of fused-ring (bicyclic) bond motifs is 1. The fourth-order valence-electron chi connectivity index (χ4n) is 2.87. The summed E-state index contributed by atoms with van der Waals surface area (Å²) in [7, 11) is 0. The lowest BCUT2D eigenvalue weighted by Gasteiger charge is -2.06. The van der Waals surface area contributed by atoms with Crippen LogP contribution >= 0.6 is 27.3 Å². The normalized spacial score (nSPS) is 10.8. The number of hydrogen-bond acceptors (Lipinski definition) is 4. The van der Waals surface area contributed by atoms with Crippen LogP contribution in [0.5, 0.6) is 0 Å². The van der Waals surface area contributed by atoms with Gasteiger partial charge in [0, 0.05) is 16.0 Å². The van der Waals surface area contributed by atoms with E-state index < -0.39 is 0 Å². The minimum absolute atomic E-state index is 0.0476. The number of para-hydroxylation sites is 1. The highest BCUT2D eigenvalue weighted by molar-refractivity contribution is 9.11. The molecule has 0 aliphatic carbocycles. The van der Waals surface area contributed by atoms with E-state index in [9.17, 15) is 9.59 Å². The minimum atomic E-state index is -0.311. The lowest BCUT2D eigenvalue weighted by atomic mass is 10.1. The van der Waals surface area contributed by atoms with Crippen LogP contribution in [0, 0.1) is 0 Å². The van der Waals surface area contributed by atoms with Crippen molar-refractivity contribution < 1.29 is 14.0 Å². The molecule has 2 aromatic carbocycles. The molecule has 0 saturated heterocycles. The molecule has 4 aromatic rings. The van der Waals surface area contributed by atoms with Gasteiger partial charge in [-0.25, -0.2) is 0 Å². The monoisotopic (exact) mass is 468 g/mol. The molecule has 5 nitrogen and oxygen atoms in total. The topological polar surface area (TPSA) is 71.3 Å².